The molecule has 2 heterocycles. The molecule has 1 fully saturated rings. The second-order valence-corrected chi connectivity index (χ2v) is 9.72. The topological polar surface area (TPSA) is 83.2 Å². The van der Waals surface area contributed by atoms with Gasteiger partial charge in [0.25, 0.3) is 5.91 Å². The maximum Gasteiger partial charge on any atom is 0.260 e. The van der Waals surface area contributed by atoms with Crippen LogP contribution in [0.4, 0.5) is 4.39 Å². The van der Waals surface area contributed by atoms with Gasteiger partial charge in [-0.3, -0.25) is 14.5 Å². The molecule has 0 radical (unpaired) electrons. The lowest BCUT2D eigenvalue weighted by atomic mass is 10.1. The number of piperazine rings is 1. The maximum absolute atomic E-state index is 13.4. The smallest absolute Gasteiger partial charge is 0.260 e. The highest BCUT2D eigenvalue weighted by molar-refractivity contribution is 5.84. The van der Waals surface area contributed by atoms with Crippen molar-refractivity contribution >= 4 is 16.9 Å². The van der Waals surface area contributed by atoms with E-state index in [9.17, 15) is 19.1 Å². The van der Waals surface area contributed by atoms with Crippen molar-refractivity contribution in [3.8, 4) is 22.8 Å². The molecule has 0 saturated carbocycles. The van der Waals surface area contributed by atoms with Gasteiger partial charge in [-0.1, -0.05) is 42.5 Å². The van der Waals surface area contributed by atoms with Crippen molar-refractivity contribution in [2.45, 2.75) is 32.5 Å². The first-order valence-corrected chi connectivity index (χ1v) is 12.6. The molecule has 196 valence electrons. The summed E-state index contributed by atoms with van der Waals surface area (Å²) in [5.41, 5.74) is 1.45. The van der Waals surface area contributed by atoms with E-state index >= 15 is 0 Å². The van der Waals surface area contributed by atoms with Crippen LogP contribution in [0.2, 0.25) is 0 Å². The predicted molar refractivity (Wildman–Crippen MR) is 143 cm³/mol. The minimum Gasteiger partial charge on any atom is -0.508 e. The summed E-state index contributed by atoms with van der Waals surface area (Å²) in [5, 5.41) is 10.1. The third-order valence-electron chi connectivity index (χ3n) is 6.94. The Morgan fingerprint density at radius 2 is 1.76 bits per heavy atom. The largest absolute Gasteiger partial charge is 0.508 e. The third-order valence-corrected chi connectivity index (χ3v) is 6.94. The van der Waals surface area contributed by atoms with Crippen molar-refractivity contribution < 1.29 is 23.4 Å². The number of phenolic OH excluding ortho intramolecular Hbond substituents is 1. The number of carbonyl (C=O) groups is 1. The molecule has 2 atom stereocenters. The molecule has 38 heavy (non-hydrogen) atoms. The average molecular weight is 517 g/mol. The molecule has 1 aromatic heterocycles. The number of hydrogen-bond donors (Lipinski definition) is 1. The van der Waals surface area contributed by atoms with Gasteiger partial charge in [0.2, 0.25) is 11.2 Å². The van der Waals surface area contributed by atoms with E-state index in [1.54, 1.807) is 29.2 Å². The van der Waals surface area contributed by atoms with Gasteiger partial charge >= 0.3 is 0 Å². The van der Waals surface area contributed by atoms with Crippen LogP contribution in [0, 0.1) is 5.82 Å². The summed E-state index contributed by atoms with van der Waals surface area (Å²) in [5.74, 6) is -0.356. The highest BCUT2D eigenvalue weighted by Crippen LogP contribution is 2.32. The number of carbonyl (C=O) groups excluding carboxylic acids is 1. The first-order chi connectivity index (χ1) is 18.3. The standard InChI is InChI=1S/C30H29FN2O5/c1-19-16-33(20(2)15-32(19)17-21-8-10-23(31)11-9-21)27(35)18-37-30-28(36)25-13-12-24(34)14-26(25)38-29(30)22-6-4-3-5-7-22/h3-14,19-20,34H,15-18H2,1-2H3. The second-order valence-electron chi connectivity index (χ2n) is 9.72. The molecular formula is C30H29FN2O5. The average Bonchev–Trinajstić information content (AvgIpc) is 2.91. The van der Waals surface area contributed by atoms with Crippen LogP contribution in [0.15, 0.2) is 82.0 Å². The highest BCUT2D eigenvalue weighted by atomic mass is 19.1. The molecule has 1 amide bonds. The first kappa shape index (κ1) is 25.5. The number of nitrogens with zero attached hydrogens (tertiary/aromatic N) is 2. The zero-order valence-electron chi connectivity index (χ0n) is 21.3. The Morgan fingerprint density at radius 1 is 1.03 bits per heavy atom. The third kappa shape index (κ3) is 5.26. The summed E-state index contributed by atoms with van der Waals surface area (Å²) >= 11 is 0. The molecule has 0 spiro atoms. The fourth-order valence-electron chi connectivity index (χ4n) is 4.88. The van der Waals surface area contributed by atoms with Crippen LogP contribution >= 0.6 is 0 Å². The zero-order chi connectivity index (χ0) is 26.8. The fourth-order valence-corrected chi connectivity index (χ4v) is 4.88. The molecule has 1 aliphatic heterocycles. The Bertz CT molecular complexity index is 1500. The van der Waals surface area contributed by atoms with E-state index in [0.717, 1.165) is 5.56 Å². The molecule has 4 aromatic rings. The summed E-state index contributed by atoms with van der Waals surface area (Å²) in [6.45, 7) is 5.54. The van der Waals surface area contributed by atoms with Crippen molar-refractivity contribution in [1.82, 2.24) is 9.80 Å². The zero-order valence-corrected chi connectivity index (χ0v) is 21.3. The normalized spacial score (nSPS) is 18.0. The number of rotatable bonds is 6. The molecule has 8 heteroatoms. The summed E-state index contributed by atoms with van der Waals surface area (Å²) in [7, 11) is 0. The van der Waals surface area contributed by atoms with Crippen molar-refractivity contribution in [2.24, 2.45) is 0 Å². The lowest BCUT2D eigenvalue weighted by Gasteiger charge is -2.44. The molecule has 1 N–H and O–H groups in total. The van der Waals surface area contributed by atoms with Crippen molar-refractivity contribution in [1.29, 1.82) is 0 Å². The van der Waals surface area contributed by atoms with Gasteiger partial charge in [0.15, 0.2) is 12.4 Å². The van der Waals surface area contributed by atoms with Crippen molar-refractivity contribution in [3.05, 3.63) is 94.4 Å². The molecule has 7 nitrogen and oxygen atoms in total. The van der Waals surface area contributed by atoms with E-state index in [2.05, 4.69) is 11.8 Å². The molecule has 3 aromatic carbocycles. The number of benzene rings is 3. The van der Waals surface area contributed by atoms with E-state index in [0.29, 0.717) is 25.2 Å². The quantitative estimate of drug-likeness (QED) is 0.396. The highest BCUT2D eigenvalue weighted by Gasteiger charge is 2.32. The molecular weight excluding hydrogens is 487 g/mol. The van der Waals surface area contributed by atoms with E-state index < -0.39 is 5.43 Å². The Kier molecular flexibility index (Phi) is 7.15. The minimum atomic E-state index is -0.413. The van der Waals surface area contributed by atoms with Crippen LogP contribution in [0.1, 0.15) is 19.4 Å². The molecule has 2 unspecified atom stereocenters. The van der Waals surface area contributed by atoms with Crippen LogP contribution < -0.4 is 10.2 Å². The number of hydrogen-bond acceptors (Lipinski definition) is 6. The number of halogens is 1. The van der Waals surface area contributed by atoms with Gasteiger partial charge in [0.05, 0.1) is 5.39 Å². The number of phenols is 1. The molecule has 5 rings (SSSR count). The number of ether oxygens (including phenoxy) is 1. The van der Waals surface area contributed by atoms with Gasteiger partial charge in [-0.15, -0.1) is 0 Å². The van der Waals surface area contributed by atoms with Crippen molar-refractivity contribution in [2.75, 3.05) is 19.7 Å². The number of amides is 1. The van der Waals surface area contributed by atoms with E-state index in [1.807, 2.05) is 25.1 Å². The fraction of sp³-hybridized carbons (Fsp3) is 0.267. The molecule has 0 bridgehead atoms. The van der Waals surface area contributed by atoms with E-state index in [-0.39, 0.29) is 58.6 Å². The number of aromatic hydroxyl groups is 1. The monoisotopic (exact) mass is 516 g/mol. The van der Waals surface area contributed by atoms with Crippen LogP contribution in [0.25, 0.3) is 22.3 Å². The SMILES string of the molecule is CC1CN(C(=O)COc2c(-c3ccccc3)oc3cc(O)ccc3c2=O)C(C)CN1Cc1ccc(F)cc1. The molecule has 1 saturated heterocycles. The summed E-state index contributed by atoms with van der Waals surface area (Å²) < 4.78 is 25.2. The summed E-state index contributed by atoms with van der Waals surface area (Å²) in [6, 6.07) is 19.8. The lowest BCUT2D eigenvalue weighted by Crippen LogP contribution is -2.58. The van der Waals surface area contributed by atoms with Gasteiger partial charge in [0, 0.05) is 43.3 Å². The summed E-state index contributed by atoms with van der Waals surface area (Å²) in [4.78, 5) is 30.7. The molecule has 0 aliphatic carbocycles. The summed E-state index contributed by atoms with van der Waals surface area (Å²) in [6.07, 6.45) is 0. The Morgan fingerprint density at radius 3 is 2.50 bits per heavy atom. The van der Waals surface area contributed by atoms with E-state index in [4.69, 9.17) is 9.15 Å². The van der Waals surface area contributed by atoms with Gasteiger partial charge in [-0.05, 0) is 43.7 Å². The number of fused-ring (bicyclic) bond motifs is 1. The maximum atomic E-state index is 13.4. The van der Waals surface area contributed by atoms with Crippen LogP contribution in [-0.4, -0.2) is 52.6 Å². The van der Waals surface area contributed by atoms with E-state index in [1.165, 1.54) is 30.3 Å². The lowest BCUT2D eigenvalue weighted by molar-refractivity contribution is -0.139. The van der Waals surface area contributed by atoms with Crippen LogP contribution in [-0.2, 0) is 11.3 Å². The predicted octanol–water partition coefficient (Wildman–Crippen LogP) is 4.80. The van der Waals surface area contributed by atoms with Gasteiger partial charge in [-0.2, -0.15) is 0 Å². The van der Waals surface area contributed by atoms with Gasteiger partial charge < -0.3 is 19.2 Å². The van der Waals surface area contributed by atoms with Crippen LogP contribution in [0.5, 0.6) is 11.5 Å². The Hall–Kier alpha value is -4.17. The molecule has 1 aliphatic rings. The van der Waals surface area contributed by atoms with Crippen LogP contribution in [0.3, 0.4) is 0 Å². The second kappa shape index (κ2) is 10.7. The van der Waals surface area contributed by atoms with Gasteiger partial charge in [0.1, 0.15) is 17.1 Å². The van der Waals surface area contributed by atoms with Gasteiger partial charge in [-0.25, -0.2) is 4.39 Å². The first-order valence-electron chi connectivity index (χ1n) is 12.6. The van der Waals surface area contributed by atoms with Crippen molar-refractivity contribution in [3.63, 3.8) is 0 Å². The Labute approximate surface area is 219 Å². The minimum absolute atomic E-state index is 0.0230. The Balaban J connectivity index is 1.34.